The normalized spacial score (nSPS) is 10.7. The minimum atomic E-state index is -0.215. The third-order valence-electron chi connectivity index (χ3n) is 3.72. The fourth-order valence-electron chi connectivity index (χ4n) is 2.44. The van der Waals surface area contributed by atoms with Crippen LogP contribution in [0.1, 0.15) is 23.2 Å². The number of nitrogens with zero attached hydrogens (tertiary/aromatic N) is 1. The second-order valence-corrected chi connectivity index (χ2v) is 7.95. The lowest BCUT2D eigenvalue weighted by atomic mass is 10.1. The van der Waals surface area contributed by atoms with Gasteiger partial charge in [0.05, 0.1) is 21.5 Å². The number of carbonyl (C=O) groups is 2. The van der Waals surface area contributed by atoms with E-state index >= 15 is 0 Å². The molecule has 26 heavy (non-hydrogen) atoms. The van der Waals surface area contributed by atoms with E-state index in [0.717, 1.165) is 22.0 Å². The Labute approximate surface area is 160 Å². The number of thioether (sulfide) groups is 1. The summed E-state index contributed by atoms with van der Waals surface area (Å²) in [4.78, 5) is 28.6. The van der Waals surface area contributed by atoms with Gasteiger partial charge in [0.15, 0.2) is 4.34 Å². The van der Waals surface area contributed by atoms with Crippen LogP contribution in [0.25, 0.3) is 10.2 Å². The van der Waals surface area contributed by atoms with Gasteiger partial charge >= 0.3 is 0 Å². The molecule has 0 atom stereocenters. The van der Waals surface area contributed by atoms with Crippen LogP contribution in [0.2, 0.25) is 0 Å². The van der Waals surface area contributed by atoms with Gasteiger partial charge in [-0.05, 0) is 30.7 Å². The number of para-hydroxylation sites is 2. The Morgan fingerprint density at radius 2 is 1.88 bits per heavy atom. The molecule has 3 aromatic rings. The number of carbonyl (C=O) groups excluding carboxylic acids is 2. The van der Waals surface area contributed by atoms with Gasteiger partial charge in [-0.25, -0.2) is 4.98 Å². The fourth-order valence-corrected chi connectivity index (χ4v) is 4.52. The molecule has 0 fully saturated rings. The van der Waals surface area contributed by atoms with Crippen molar-refractivity contribution >= 4 is 50.8 Å². The molecule has 0 aliphatic rings. The molecule has 0 aliphatic carbocycles. The first-order valence-corrected chi connectivity index (χ1v) is 10.1. The molecule has 5 nitrogen and oxygen atoms in total. The van der Waals surface area contributed by atoms with E-state index in [1.54, 1.807) is 54.4 Å². The van der Waals surface area contributed by atoms with Crippen LogP contribution in [0.5, 0.6) is 0 Å². The molecule has 1 aromatic heterocycles. The fraction of sp³-hybridized carbons (Fsp3) is 0.211. The largest absolute Gasteiger partial charge is 0.355 e. The van der Waals surface area contributed by atoms with Crippen molar-refractivity contribution in [1.82, 2.24) is 10.3 Å². The van der Waals surface area contributed by atoms with Crippen LogP contribution >= 0.6 is 23.1 Å². The average molecular weight is 386 g/mol. The van der Waals surface area contributed by atoms with Gasteiger partial charge in [0.2, 0.25) is 5.91 Å². The van der Waals surface area contributed by atoms with Gasteiger partial charge in [0.25, 0.3) is 5.91 Å². The van der Waals surface area contributed by atoms with Crippen LogP contribution in [0, 0.1) is 0 Å². The third-order valence-corrected chi connectivity index (χ3v) is 5.99. The molecule has 2 amide bonds. The number of hydrogen-bond acceptors (Lipinski definition) is 5. The molecule has 134 valence electrons. The first kappa shape index (κ1) is 18.4. The quantitative estimate of drug-likeness (QED) is 0.473. The molecule has 0 saturated carbocycles. The molecule has 1 heterocycles. The summed E-state index contributed by atoms with van der Waals surface area (Å²) in [6.45, 7) is 0. The Morgan fingerprint density at radius 3 is 2.69 bits per heavy atom. The topological polar surface area (TPSA) is 71.1 Å². The van der Waals surface area contributed by atoms with Crippen molar-refractivity contribution in [2.24, 2.45) is 0 Å². The lowest BCUT2D eigenvalue weighted by Gasteiger charge is -2.09. The van der Waals surface area contributed by atoms with Gasteiger partial charge in [-0.1, -0.05) is 36.0 Å². The predicted octanol–water partition coefficient (Wildman–Crippen LogP) is 4.17. The Kier molecular flexibility index (Phi) is 6.25. The summed E-state index contributed by atoms with van der Waals surface area (Å²) in [6, 6.07) is 15.1. The van der Waals surface area contributed by atoms with Crippen molar-refractivity contribution in [3.63, 3.8) is 0 Å². The zero-order valence-corrected chi connectivity index (χ0v) is 16.0. The highest BCUT2D eigenvalue weighted by molar-refractivity contribution is 8.01. The number of thiazole rings is 1. The van der Waals surface area contributed by atoms with E-state index in [0.29, 0.717) is 17.7 Å². The van der Waals surface area contributed by atoms with Gasteiger partial charge in [0, 0.05) is 19.2 Å². The summed E-state index contributed by atoms with van der Waals surface area (Å²) in [5.41, 5.74) is 2.02. The van der Waals surface area contributed by atoms with E-state index in [1.807, 2.05) is 18.2 Å². The van der Waals surface area contributed by atoms with Gasteiger partial charge < -0.3 is 10.6 Å². The molecule has 0 saturated heterocycles. The molecular weight excluding hydrogens is 366 g/mol. The number of nitrogens with one attached hydrogen (secondary N) is 2. The van der Waals surface area contributed by atoms with Crippen molar-refractivity contribution in [3.8, 4) is 0 Å². The predicted molar refractivity (Wildman–Crippen MR) is 108 cm³/mol. The minimum Gasteiger partial charge on any atom is -0.355 e. The molecule has 0 radical (unpaired) electrons. The van der Waals surface area contributed by atoms with E-state index in [-0.39, 0.29) is 11.8 Å². The van der Waals surface area contributed by atoms with Crippen LogP contribution in [-0.2, 0) is 4.79 Å². The first-order valence-electron chi connectivity index (χ1n) is 8.26. The lowest BCUT2D eigenvalue weighted by Crippen LogP contribution is -2.21. The number of fused-ring (bicyclic) bond motifs is 1. The van der Waals surface area contributed by atoms with Crippen molar-refractivity contribution in [1.29, 1.82) is 0 Å². The van der Waals surface area contributed by atoms with Crippen LogP contribution in [0.15, 0.2) is 52.9 Å². The van der Waals surface area contributed by atoms with Crippen LogP contribution in [0.3, 0.4) is 0 Å². The highest BCUT2D eigenvalue weighted by Crippen LogP contribution is 2.29. The van der Waals surface area contributed by atoms with Gasteiger partial charge in [-0.2, -0.15) is 0 Å². The van der Waals surface area contributed by atoms with Crippen molar-refractivity contribution < 1.29 is 9.59 Å². The van der Waals surface area contributed by atoms with Crippen LogP contribution < -0.4 is 10.6 Å². The van der Waals surface area contributed by atoms with Crippen LogP contribution in [-0.4, -0.2) is 29.6 Å². The Balaban J connectivity index is 1.48. The molecular formula is C19H19N3O2S2. The maximum absolute atomic E-state index is 12.2. The summed E-state index contributed by atoms with van der Waals surface area (Å²) in [7, 11) is 1.57. The van der Waals surface area contributed by atoms with E-state index in [1.165, 1.54) is 4.70 Å². The summed E-state index contributed by atoms with van der Waals surface area (Å²) in [5, 5.41) is 5.40. The smallest absolute Gasteiger partial charge is 0.253 e. The maximum atomic E-state index is 12.2. The van der Waals surface area contributed by atoms with Gasteiger partial charge in [0.1, 0.15) is 0 Å². The molecule has 0 bridgehead atoms. The second kappa shape index (κ2) is 8.82. The Hall–Kier alpha value is -2.38. The van der Waals surface area contributed by atoms with E-state index < -0.39 is 0 Å². The average Bonchev–Trinajstić information content (AvgIpc) is 3.08. The van der Waals surface area contributed by atoms with Crippen LogP contribution in [0.4, 0.5) is 5.69 Å². The molecule has 2 aromatic carbocycles. The number of hydrogen-bond donors (Lipinski definition) is 2. The van der Waals surface area contributed by atoms with E-state index in [2.05, 4.69) is 21.7 Å². The van der Waals surface area contributed by atoms with Crippen molar-refractivity contribution in [2.45, 2.75) is 17.2 Å². The molecule has 0 unspecified atom stereocenters. The van der Waals surface area contributed by atoms with Gasteiger partial charge in [-0.15, -0.1) is 11.3 Å². The first-order chi connectivity index (χ1) is 12.7. The molecule has 3 rings (SSSR count). The summed E-state index contributed by atoms with van der Waals surface area (Å²) >= 11 is 3.34. The zero-order chi connectivity index (χ0) is 18.4. The summed E-state index contributed by atoms with van der Waals surface area (Å²) in [5.74, 6) is 0.517. The molecule has 0 aliphatic heterocycles. The SMILES string of the molecule is CNC(=O)c1ccccc1NC(=O)CCCSc1nc2ccccc2s1. The minimum absolute atomic E-state index is 0.0914. The van der Waals surface area contributed by atoms with E-state index in [4.69, 9.17) is 0 Å². The number of benzene rings is 2. The number of amides is 2. The second-order valence-electron chi connectivity index (χ2n) is 5.57. The monoisotopic (exact) mass is 385 g/mol. The lowest BCUT2D eigenvalue weighted by molar-refractivity contribution is -0.116. The summed E-state index contributed by atoms with van der Waals surface area (Å²) < 4.78 is 2.20. The number of rotatable bonds is 7. The Morgan fingerprint density at radius 1 is 1.12 bits per heavy atom. The van der Waals surface area contributed by atoms with E-state index in [9.17, 15) is 9.59 Å². The molecule has 2 N–H and O–H groups in total. The molecule has 7 heteroatoms. The zero-order valence-electron chi connectivity index (χ0n) is 14.3. The highest BCUT2D eigenvalue weighted by atomic mass is 32.2. The van der Waals surface area contributed by atoms with Crippen molar-refractivity contribution in [3.05, 3.63) is 54.1 Å². The number of aromatic nitrogens is 1. The standard InChI is InChI=1S/C19H19N3O2S2/c1-20-18(24)13-7-2-3-8-14(13)21-17(23)11-6-12-25-19-22-15-9-4-5-10-16(15)26-19/h2-5,7-10H,6,11-12H2,1H3,(H,20,24)(H,21,23). The maximum Gasteiger partial charge on any atom is 0.253 e. The number of anilines is 1. The summed E-state index contributed by atoms with van der Waals surface area (Å²) in [6.07, 6.45) is 1.15. The van der Waals surface area contributed by atoms with Crippen molar-refractivity contribution in [2.75, 3.05) is 18.1 Å². The molecule has 0 spiro atoms. The Bertz CT molecular complexity index is 891. The van der Waals surface area contributed by atoms with Gasteiger partial charge in [-0.3, -0.25) is 9.59 Å². The highest BCUT2D eigenvalue weighted by Gasteiger charge is 2.11. The third kappa shape index (κ3) is 4.62.